The lowest BCUT2D eigenvalue weighted by Gasteiger charge is -2.44. The van der Waals surface area contributed by atoms with Crippen LogP contribution in [0.2, 0.25) is 0 Å². The Labute approximate surface area is 206 Å². The summed E-state index contributed by atoms with van der Waals surface area (Å²) in [6.45, 7) is 5.14. The molecule has 1 saturated heterocycles. The third-order valence-corrected chi connectivity index (χ3v) is 11.0. The average molecular weight is 482 g/mol. The van der Waals surface area contributed by atoms with E-state index in [1.807, 2.05) is 0 Å². The van der Waals surface area contributed by atoms with Gasteiger partial charge in [0.2, 0.25) is 0 Å². The third-order valence-electron chi connectivity index (χ3n) is 11.0. The number of fused-ring (bicyclic) bond motifs is 3. The molecule has 7 atom stereocenters. The van der Waals surface area contributed by atoms with Gasteiger partial charge in [0, 0.05) is 23.9 Å². The Balaban J connectivity index is 1.14. The molecule has 1 N–H and O–H groups in total. The standard InChI is InChI=1S/C29H36FNO4/c1-28(2)21-13-31(25(24(21)28)27(33)34)26(32)20-9-19(16-3-4-16)23(10-22(20)30)35-14-29-6-5-17-7-15(11-29)8-18(17)12-29/h9-10,15-18,21,24-25H,3-8,11-14H2,1-2H3,(H,33,34)/t15?,17?,18?,21?,24?,25-,29?/m0/s1. The number of hydrogen-bond donors (Lipinski definition) is 1. The molecule has 0 spiro atoms. The first-order chi connectivity index (χ1) is 16.7. The van der Waals surface area contributed by atoms with E-state index in [0.29, 0.717) is 24.8 Å². The van der Waals surface area contributed by atoms with Crippen LogP contribution in [-0.4, -0.2) is 41.1 Å². The van der Waals surface area contributed by atoms with Gasteiger partial charge in [-0.15, -0.1) is 0 Å². The highest BCUT2D eigenvalue weighted by atomic mass is 19.1. The molecule has 35 heavy (non-hydrogen) atoms. The van der Waals surface area contributed by atoms with Gasteiger partial charge in [0.25, 0.3) is 5.91 Å². The van der Waals surface area contributed by atoms with Crippen LogP contribution in [0.5, 0.6) is 5.75 Å². The van der Waals surface area contributed by atoms with Crippen molar-refractivity contribution in [2.24, 2.45) is 40.4 Å². The fraction of sp³-hybridized carbons (Fsp3) is 0.724. The minimum atomic E-state index is -0.991. The van der Waals surface area contributed by atoms with E-state index in [9.17, 15) is 14.7 Å². The highest BCUT2D eigenvalue weighted by molar-refractivity contribution is 5.98. The van der Waals surface area contributed by atoms with Gasteiger partial charge in [0.05, 0.1) is 12.2 Å². The van der Waals surface area contributed by atoms with E-state index in [1.165, 1.54) is 49.5 Å². The molecule has 5 nitrogen and oxygen atoms in total. The SMILES string of the molecule is CC1(C)C2CN(C(=O)c3cc(C4CC4)c(OCC45CCC6CC(CC6C4)C5)cc3F)[C@H](C(=O)O)C21. The summed E-state index contributed by atoms with van der Waals surface area (Å²) in [5.41, 5.74) is 1.07. The van der Waals surface area contributed by atoms with Crippen molar-refractivity contribution in [3.63, 3.8) is 0 Å². The third kappa shape index (κ3) is 3.30. The van der Waals surface area contributed by atoms with Crippen molar-refractivity contribution in [3.8, 4) is 5.75 Å². The normalized spacial score (nSPS) is 40.0. The molecule has 7 rings (SSSR count). The summed E-state index contributed by atoms with van der Waals surface area (Å²) in [6, 6.07) is 2.22. The van der Waals surface area contributed by atoms with Gasteiger partial charge < -0.3 is 14.7 Å². The summed E-state index contributed by atoms with van der Waals surface area (Å²) in [6.07, 6.45) is 9.82. The number of carbonyl (C=O) groups excluding carboxylic acids is 1. The van der Waals surface area contributed by atoms with Crippen LogP contribution in [-0.2, 0) is 4.79 Å². The first-order valence-electron chi connectivity index (χ1n) is 13.7. The quantitative estimate of drug-likeness (QED) is 0.584. The second kappa shape index (κ2) is 7.23. The number of likely N-dealkylation sites (tertiary alicyclic amines) is 1. The van der Waals surface area contributed by atoms with Gasteiger partial charge in [-0.25, -0.2) is 9.18 Å². The molecule has 6 fully saturated rings. The van der Waals surface area contributed by atoms with Gasteiger partial charge in [-0.1, -0.05) is 13.8 Å². The van der Waals surface area contributed by atoms with Crippen LogP contribution in [0.1, 0.15) is 87.1 Å². The van der Waals surface area contributed by atoms with E-state index < -0.39 is 23.7 Å². The summed E-state index contributed by atoms with van der Waals surface area (Å²) < 4.78 is 21.8. The van der Waals surface area contributed by atoms with Crippen LogP contribution in [0.25, 0.3) is 0 Å². The summed E-state index contributed by atoms with van der Waals surface area (Å²) in [5.74, 6) is 1.53. The van der Waals surface area contributed by atoms with E-state index in [2.05, 4.69) is 13.8 Å². The summed E-state index contributed by atoms with van der Waals surface area (Å²) in [7, 11) is 0. The van der Waals surface area contributed by atoms with E-state index in [0.717, 1.165) is 36.2 Å². The number of amides is 1. The number of ether oxygens (including phenoxy) is 1. The van der Waals surface area contributed by atoms with Gasteiger partial charge >= 0.3 is 5.97 Å². The van der Waals surface area contributed by atoms with Crippen LogP contribution in [0.3, 0.4) is 0 Å². The lowest BCUT2D eigenvalue weighted by molar-refractivity contribution is -0.142. The van der Waals surface area contributed by atoms with Gasteiger partial charge in [0.15, 0.2) is 0 Å². The molecule has 1 aliphatic heterocycles. The Bertz CT molecular complexity index is 1110. The highest BCUT2D eigenvalue weighted by Gasteiger charge is 2.69. The summed E-state index contributed by atoms with van der Waals surface area (Å²) >= 11 is 0. The van der Waals surface area contributed by atoms with Crippen molar-refractivity contribution in [3.05, 3.63) is 29.1 Å². The monoisotopic (exact) mass is 481 g/mol. The molecule has 3 bridgehead atoms. The molecule has 5 aliphatic carbocycles. The molecular weight excluding hydrogens is 445 g/mol. The first kappa shape index (κ1) is 22.1. The smallest absolute Gasteiger partial charge is 0.326 e. The number of rotatable bonds is 6. The number of halogens is 1. The topological polar surface area (TPSA) is 66.8 Å². The van der Waals surface area contributed by atoms with Crippen molar-refractivity contribution in [1.82, 2.24) is 4.90 Å². The van der Waals surface area contributed by atoms with E-state index in [1.54, 1.807) is 6.07 Å². The van der Waals surface area contributed by atoms with E-state index in [4.69, 9.17) is 4.74 Å². The number of aliphatic carboxylic acids is 1. The molecule has 6 aliphatic rings. The van der Waals surface area contributed by atoms with Crippen LogP contribution >= 0.6 is 0 Å². The summed E-state index contributed by atoms with van der Waals surface area (Å²) in [5, 5.41) is 9.85. The Morgan fingerprint density at radius 1 is 1.14 bits per heavy atom. The molecule has 1 heterocycles. The molecular formula is C29H36FNO4. The lowest BCUT2D eigenvalue weighted by atomic mass is 9.62. The maximum absolute atomic E-state index is 15.4. The minimum absolute atomic E-state index is 0.000937. The molecule has 6 heteroatoms. The number of piperidine rings is 1. The predicted molar refractivity (Wildman–Crippen MR) is 128 cm³/mol. The van der Waals surface area contributed by atoms with Gasteiger partial charge in [0.1, 0.15) is 17.6 Å². The number of carboxylic acids is 1. The van der Waals surface area contributed by atoms with Crippen LogP contribution in [0, 0.1) is 46.2 Å². The largest absolute Gasteiger partial charge is 0.493 e. The second-order valence-electron chi connectivity index (χ2n) is 13.4. The fourth-order valence-electron chi connectivity index (χ4n) is 8.98. The number of carboxylic acid groups (broad SMARTS) is 1. The van der Waals surface area contributed by atoms with Crippen molar-refractivity contribution < 1.29 is 23.8 Å². The number of hydrogen-bond acceptors (Lipinski definition) is 3. The second-order valence-corrected chi connectivity index (χ2v) is 13.4. The van der Waals surface area contributed by atoms with E-state index >= 15 is 4.39 Å². The number of nitrogens with zero attached hydrogens (tertiary/aromatic N) is 1. The van der Waals surface area contributed by atoms with Gasteiger partial charge in [-0.05, 0) is 98.0 Å². The molecule has 188 valence electrons. The lowest BCUT2D eigenvalue weighted by Crippen LogP contribution is -2.45. The molecule has 1 aromatic rings. The van der Waals surface area contributed by atoms with Crippen molar-refractivity contribution in [2.45, 2.75) is 77.2 Å². The molecule has 1 amide bonds. The molecule has 0 aromatic heterocycles. The van der Waals surface area contributed by atoms with Crippen LogP contribution < -0.4 is 4.74 Å². The average Bonchev–Trinajstić information content (AvgIpc) is 3.65. The predicted octanol–water partition coefficient (Wildman–Crippen LogP) is 5.48. The Hall–Kier alpha value is -2.11. The zero-order valence-electron chi connectivity index (χ0n) is 20.8. The van der Waals surface area contributed by atoms with Crippen LogP contribution in [0.4, 0.5) is 4.39 Å². The van der Waals surface area contributed by atoms with Gasteiger partial charge in [-0.3, -0.25) is 4.79 Å². The Morgan fingerprint density at radius 2 is 1.91 bits per heavy atom. The van der Waals surface area contributed by atoms with Gasteiger partial charge in [-0.2, -0.15) is 0 Å². The Morgan fingerprint density at radius 3 is 2.66 bits per heavy atom. The maximum Gasteiger partial charge on any atom is 0.326 e. The minimum Gasteiger partial charge on any atom is -0.493 e. The molecule has 6 unspecified atom stereocenters. The zero-order valence-corrected chi connectivity index (χ0v) is 20.8. The first-order valence-corrected chi connectivity index (χ1v) is 13.7. The number of benzene rings is 1. The van der Waals surface area contributed by atoms with Crippen LogP contribution in [0.15, 0.2) is 12.1 Å². The molecule has 1 aromatic carbocycles. The van der Waals surface area contributed by atoms with Crippen molar-refractivity contribution in [2.75, 3.05) is 13.2 Å². The molecule has 5 saturated carbocycles. The van der Waals surface area contributed by atoms with E-state index in [-0.39, 0.29) is 28.2 Å². The number of carbonyl (C=O) groups is 2. The molecule has 0 radical (unpaired) electrons. The zero-order chi connectivity index (χ0) is 24.3. The van der Waals surface area contributed by atoms with Crippen molar-refractivity contribution >= 4 is 11.9 Å². The van der Waals surface area contributed by atoms with Crippen molar-refractivity contribution in [1.29, 1.82) is 0 Å². The summed E-state index contributed by atoms with van der Waals surface area (Å²) in [4.78, 5) is 26.9. The highest BCUT2D eigenvalue weighted by Crippen LogP contribution is 2.65. The Kier molecular flexibility index (Phi) is 4.57. The maximum atomic E-state index is 15.4. The fourth-order valence-corrected chi connectivity index (χ4v) is 8.98.